The molecule has 0 spiro atoms. The molecular weight excluding hydrogens is 372 g/mol. The van der Waals surface area contributed by atoms with Crippen molar-refractivity contribution < 1.29 is 17.9 Å². The minimum absolute atomic E-state index is 0.0635. The van der Waals surface area contributed by atoms with E-state index < -0.39 is 10.0 Å². The number of rotatable bonds is 8. The van der Waals surface area contributed by atoms with Gasteiger partial charge in [0.15, 0.2) is 0 Å². The number of thiophene rings is 1. The van der Waals surface area contributed by atoms with Crippen LogP contribution in [0.5, 0.6) is 5.75 Å². The maximum Gasteiger partial charge on any atom is 0.274 e. The molecule has 2 aromatic rings. The van der Waals surface area contributed by atoms with Crippen LogP contribution in [0.3, 0.4) is 0 Å². The number of hydrogen-bond donors (Lipinski definition) is 1. The van der Waals surface area contributed by atoms with E-state index in [0.29, 0.717) is 11.4 Å². The molecule has 0 bridgehead atoms. The number of anilines is 1. The van der Waals surface area contributed by atoms with Crippen LogP contribution in [0.4, 0.5) is 5.69 Å². The highest BCUT2D eigenvalue weighted by atomic mass is 32.2. The van der Waals surface area contributed by atoms with Gasteiger partial charge in [-0.15, -0.1) is 11.3 Å². The Bertz CT molecular complexity index is 833. The highest BCUT2D eigenvalue weighted by Gasteiger charge is 2.30. The number of carbonyl (C=O) groups is 1. The molecule has 0 radical (unpaired) electrons. The average Bonchev–Trinajstić information content (AvgIpc) is 3.15. The highest BCUT2D eigenvalue weighted by Crippen LogP contribution is 2.33. The predicted octanol–water partition coefficient (Wildman–Crippen LogP) is 3.11. The fourth-order valence-electron chi connectivity index (χ4n) is 2.25. The molecule has 6 nitrogen and oxygen atoms in total. The van der Waals surface area contributed by atoms with Crippen LogP contribution in [-0.2, 0) is 14.8 Å². The summed E-state index contributed by atoms with van der Waals surface area (Å²) < 4.78 is 32.8. The van der Waals surface area contributed by atoms with Gasteiger partial charge in [0.1, 0.15) is 16.5 Å². The van der Waals surface area contributed by atoms with E-state index in [2.05, 4.69) is 5.32 Å². The zero-order valence-corrected chi connectivity index (χ0v) is 16.9. The molecule has 1 aromatic carbocycles. The number of benzene rings is 1. The van der Waals surface area contributed by atoms with Crippen LogP contribution in [0.2, 0.25) is 0 Å². The topological polar surface area (TPSA) is 75.7 Å². The van der Waals surface area contributed by atoms with Crippen LogP contribution in [0, 0.1) is 5.92 Å². The highest BCUT2D eigenvalue weighted by molar-refractivity contribution is 7.94. The van der Waals surface area contributed by atoms with E-state index in [1.807, 2.05) is 20.8 Å². The van der Waals surface area contributed by atoms with Crippen molar-refractivity contribution >= 4 is 33.0 Å². The second kappa shape index (κ2) is 8.55. The second-order valence-electron chi connectivity index (χ2n) is 6.22. The van der Waals surface area contributed by atoms with E-state index in [1.165, 1.54) is 13.2 Å². The molecule has 0 aliphatic carbocycles. The van der Waals surface area contributed by atoms with Crippen LogP contribution in [0.25, 0.3) is 0 Å². The third-order valence-corrected chi connectivity index (χ3v) is 7.20. The van der Waals surface area contributed by atoms with Gasteiger partial charge >= 0.3 is 0 Å². The monoisotopic (exact) mass is 396 g/mol. The molecule has 0 aliphatic rings. The van der Waals surface area contributed by atoms with Crippen LogP contribution < -0.4 is 14.4 Å². The molecule has 26 heavy (non-hydrogen) atoms. The van der Waals surface area contributed by atoms with Crippen molar-refractivity contribution in [3.63, 3.8) is 0 Å². The van der Waals surface area contributed by atoms with Crippen molar-refractivity contribution in [3.05, 3.63) is 41.8 Å². The number of sulfonamides is 1. The Balaban J connectivity index is 2.41. The Morgan fingerprint density at radius 1 is 1.19 bits per heavy atom. The Morgan fingerprint density at radius 3 is 2.46 bits per heavy atom. The first-order valence-corrected chi connectivity index (χ1v) is 10.6. The number of carbonyl (C=O) groups excluding carboxylic acids is 1. The fraction of sp³-hybridized carbons (Fsp3) is 0.389. The molecule has 8 heteroatoms. The average molecular weight is 397 g/mol. The van der Waals surface area contributed by atoms with Crippen molar-refractivity contribution in [1.82, 2.24) is 5.32 Å². The van der Waals surface area contributed by atoms with Crippen molar-refractivity contribution in [1.29, 1.82) is 0 Å². The van der Waals surface area contributed by atoms with Crippen molar-refractivity contribution in [2.45, 2.75) is 31.0 Å². The first-order valence-electron chi connectivity index (χ1n) is 8.26. The molecule has 1 amide bonds. The van der Waals surface area contributed by atoms with Gasteiger partial charge in [-0.25, -0.2) is 8.42 Å². The quantitative estimate of drug-likeness (QED) is 0.744. The minimum Gasteiger partial charge on any atom is -0.495 e. The van der Waals surface area contributed by atoms with Gasteiger partial charge in [-0.2, -0.15) is 0 Å². The lowest BCUT2D eigenvalue weighted by atomic mass is 10.1. The fourth-order valence-corrected chi connectivity index (χ4v) is 4.79. The molecule has 1 aromatic heterocycles. The summed E-state index contributed by atoms with van der Waals surface area (Å²) in [6, 6.07) is 9.88. The molecule has 2 rings (SSSR count). The Morgan fingerprint density at radius 2 is 1.88 bits per heavy atom. The van der Waals surface area contributed by atoms with Crippen molar-refractivity contribution in [3.8, 4) is 5.75 Å². The molecule has 0 unspecified atom stereocenters. The van der Waals surface area contributed by atoms with Gasteiger partial charge in [0.2, 0.25) is 5.91 Å². The number of nitrogens with one attached hydrogen (secondary N) is 1. The number of nitrogens with zero attached hydrogens (tertiary/aromatic N) is 1. The third-order valence-electron chi connectivity index (χ3n) is 4.07. The molecule has 0 fully saturated rings. The third kappa shape index (κ3) is 4.56. The smallest absolute Gasteiger partial charge is 0.274 e. The normalized spacial score (nSPS) is 12.7. The summed E-state index contributed by atoms with van der Waals surface area (Å²) in [6.07, 6.45) is 0. The Hall–Kier alpha value is -2.06. The Labute approximate surface area is 158 Å². The zero-order chi connectivity index (χ0) is 19.3. The van der Waals surface area contributed by atoms with E-state index >= 15 is 0 Å². The molecule has 1 heterocycles. The van der Waals surface area contributed by atoms with Gasteiger partial charge in [0.25, 0.3) is 10.0 Å². The predicted molar refractivity (Wildman–Crippen MR) is 104 cm³/mol. The summed E-state index contributed by atoms with van der Waals surface area (Å²) >= 11 is 1.11. The van der Waals surface area contributed by atoms with Crippen LogP contribution in [-0.4, -0.2) is 34.0 Å². The first kappa shape index (κ1) is 20.3. The number of methoxy groups -OCH3 is 1. The van der Waals surface area contributed by atoms with Crippen LogP contribution in [0.1, 0.15) is 20.8 Å². The van der Waals surface area contributed by atoms with Gasteiger partial charge in [-0.3, -0.25) is 9.10 Å². The number of hydrogen-bond acceptors (Lipinski definition) is 5. The number of amides is 1. The van der Waals surface area contributed by atoms with Crippen molar-refractivity contribution in [2.75, 3.05) is 18.0 Å². The van der Waals surface area contributed by atoms with Crippen molar-refractivity contribution in [2.24, 2.45) is 5.92 Å². The molecule has 1 N–H and O–H groups in total. The summed E-state index contributed by atoms with van der Waals surface area (Å²) in [6.45, 7) is 5.55. The summed E-state index contributed by atoms with van der Waals surface area (Å²) in [4.78, 5) is 12.5. The van der Waals surface area contributed by atoms with Gasteiger partial charge in [-0.05, 0) is 36.4 Å². The molecule has 0 saturated heterocycles. The van der Waals surface area contributed by atoms with E-state index in [4.69, 9.17) is 4.74 Å². The SMILES string of the molecule is COc1ccccc1N(CC(=O)N[C@@H](C)C(C)C)S(=O)(=O)c1cccs1. The maximum atomic E-state index is 13.1. The number of para-hydroxylation sites is 2. The minimum atomic E-state index is -3.88. The molecule has 1 atom stereocenters. The summed E-state index contributed by atoms with van der Waals surface area (Å²) in [7, 11) is -2.42. The van der Waals surface area contributed by atoms with E-state index in [-0.39, 0.29) is 28.6 Å². The van der Waals surface area contributed by atoms with Gasteiger partial charge in [0.05, 0.1) is 12.8 Å². The lowest BCUT2D eigenvalue weighted by molar-refractivity contribution is -0.120. The Kier molecular flexibility index (Phi) is 6.66. The van der Waals surface area contributed by atoms with Crippen LogP contribution >= 0.6 is 11.3 Å². The molecule has 0 saturated carbocycles. The van der Waals surface area contributed by atoms with E-state index in [0.717, 1.165) is 15.6 Å². The standard InChI is InChI=1S/C18H24N2O4S2/c1-13(2)14(3)19-17(21)12-20(15-8-5-6-9-16(15)24-4)26(22,23)18-10-7-11-25-18/h5-11,13-14H,12H2,1-4H3,(H,19,21)/t14-/m0/s1. The van der Waals surface area contributed by atoms with Gasteiger partial charge in [0, 0.05) is 6.04 Å². The largest absolute Gasteiger partial charge is 0.495 e. The van der Waals surface area contributed by atoms with E-state index in [9.17, 15) is 13.2 Å². The molecular formula is C18H24N2O4S2. The van der Waals surface area contributed by atoms with E-state index in [1.54, 1.807) is 35.7 Å². The molecule has 142 valence electrons. The molecule has 0 aliphatic heterocycles. The van der Waals surface area contributed by atoms with Crippen LogP contribution in [0.15, 0.2) is 46.0 Å². The first-order chi connectivity index (χ1) is 12.3. The maximum absolute atomic E-state index is 13.1. The second-order valence-corrected chi connectivity index (χ2v) is 9.25. The summed E-state index contributed by atoms with van der Waals surface area (Å²) in [5.74, 6) is 0.266. The summed E-state index contributed by atoms with van der Waals surface area (Å²) in [5, 5.41) is 4.54. The number of ether oxygens (including phenoxy) is 1. The summed E-state index contributed by atoms with van der Waals surface area (Å²) in [5.41, 5.74) is 0.329. The lowest BCUT2D eigenvalue weighted by Gasteiger charge is -2.26. The zero-order valence-electron chi connectivity index (χ0n) is 15.3. The van der Waals surface area contributed by atoms with Gasteiger partial charge in [-0.1, -0.05) is 32.0 Å². The lowest BCUT2D eigenvalue weighted by Crippen LogP contribution is -2.44. The van der Waals surface area contributed by atoms with Gasteiger partial charge < -0.3 is 10.1 Å².